The first-order valence-electron chi connectivity index (χ1n) is 7.65. The summed E-state index contributed by atoms with van der Waals surface area (Å²) in [7, 11) is 0. The van der Waals surface area contributed by atoms with Gasteiger partial charge in [0.25, 0.3) is 5.69 Å². The van der Waals surface area contributed by atoms with E-state index in [-0.39, 0.29) is 5.82 Å². The van der Waals surface area contributed by atoms with Gasteiger partial charge in [-0.2, -0.15) is 9.73 Å². The number of nitrogens with one attached hydrogen (secondary N) is 1. The van der Waals surface area contributed by atoms with Crippen LogP contribution < -0.4 is 0 Å². The highest BCUT2D eigenvalue weighted by atomic mass is 15.5. The Bertz CT molecular complexity index is 1170. The summed E-state index contributed by atoms with van der Waals surface area (Å²) in [5, 5.41) is 20.2. The molecule has 0 radical (unpaired) electrons. The van der Waals surface area contributed by atoms with Crippen molar-refractivity contribution in [1.82, 2.24) is 39.6 Å². The van der Waals surface area contributed by atoms with Crippen LogP contribution in [0, 0.1) is 27.3 Å². The molecule has 0 aliphatic heterocycles. The highest BCUT2D eigenvalue weighted by Gasteiger charge is 2.18. The van der Waals surface area contributed by atoms with Crippen molar-refractivity contribution in [3.63, 3.8) is 0 Å². The predicted octanol–water partition coefficient (Wildman–Crippen LogP) is 2.92. The van der Waals surface area contributed by atoms with Crippen LogP contribution in [0.3, 0.4) is 0 Å². The SMILES string of the molecule is [C-]#[N+]c1c(C)nn(-c2cnccn2)c1N=Nc1c(C)[nH]n2nc(C)nc12. The number of nitrogens with zero attached hydrogens (tertiary/aromatic N) is 10. The first kappa shape index (κ1) is 15.6. The fourth-order valence-electron chi connectivity index (χ4n) is 2.53. The molecule has 1 N–H and O–H groups in total. The minimum atomic E-state index is 0.285. The molecular weight excluding hydrogens is 334 g/mol. The van der Waals surface area contributed by atoms with Gasteiger partial charge >= 0.3 is 0 Å². The van der Waals surface area contributed by atoms with Gasteiger partial charge in [0.15, 0.2) is 17.3 Å². The van der Waals surface area contributed by atoms with Crippen LogP contribution in [-0.2, 0) is 0 Å². The van der Waals surface area contributed by atoms with E-state index in [0.717, 1.165) is 5.69 Å². The van der Waals surface area contributed by atoms with Crippen molar-refractivity contribution < 1.29 is 0 Å². The lowest BCUT2D eigenvalue weighted by Crippen LogP contribution is -1.99. The third-order valence-corrected chi connectivity index (χ3v) is 3.68. The van der Waals surface area contributed by atoms with Crippen molar-refractivity contribution in [3.05, 3.63) is 47.2 Å². The summed E-state index contributed by atoms with van der Waals surface area (Å²) in [5.41, 5.74) is 2.71. The van der Waals surface area contributed by atoms with Gasteiger partial charge < -0.3 is 0 Å². The van der Waals surface area contributed by atoms with E-state index >= 15 is 0 Å². The average molecular weight is 347 g/mol. The molecule has 0 aliphatic rings. The normalized spacial score (nSPS) is 11.5. The second-order valence-corrected chi connectivity index (χ2v) is 5.52. The van der Waals surface area contributed by atoms with E-state index in [1.54, 1.807) is 37.1 Å². The molecule has 128 valence electrons. The van der Waals surface area contributed by atoms with Crippen molar-refractivity contribution >= 4 is 22.8 Å². The molecule has 4 aromatic heterocycles. The molecule has 4 aromatic rings. The third-order valence-electron chi connectivity index (χ3n) is 3.68. The summed E-state index contributed by atoms with van der Waals surface area (Å²) in [6, 6.07) is 0. The summed E-state index contributed by atoms with van der Waals surface area (Å²) in [6.45, 7) is 12.8. The van der Waals surface area contributed by atoms with E-state index in [2.05, 4.69) is 45.3 Å². The monoisotopic (exact) mass is 347 g/mol. The van der Waals surface area contributed by atoms with E-state index in [1.807, 2.05) is 6.92 Å². The topological polar surface area (TPSA) is 119 Å². The first-order valence-corrected chi connectivity index (χ1v) is 7.65. The summed E-state index contributed by atoms with van der Waals surface area (Å²) in [4.78, 5) is 16.1. The quantitative estimate of drug-likeness (QED) is 0.451. The summed E-state index contributed by atoms with van der Waals surface area (Å²) >= 11 is 0. The van der Waals surface area contributed by atoms with Gasteiger partial charge in [0.1, 0.15) is 5.82 Å². The molecule has 26 heavy (non-hydrogen) atoms. The van der Waals surface area contributed by atoms with E-state index in [9.17, 15) is 0 Å². The van der Waals surface area contributed by atoms with Gasteiger partial charge in [-0.1, -0.05) is 0 Å². The van der Waals surface area contributed by atoms with Crippen molar-refractivity contribution in [2.24, 2.45) is 10.2 Å². The number of aromatic amines is 1. The van der Waals surface area contributed by atoms with E-state index in [4.69, 9.17) is 6.57 Å². The Morgan fingerprint density at radius 3 is 2.73 bits per heavy atom. The van der Waals surface area contributed by atoms with Crippen molar-refractivity contribution in [3.8, 4) is 5.82 Å². The molecule has 11 heteroatoms. The molecule has 0 saturated heterocycles. The Morgan fingerprint density at radius 1 is 1.15 bits per heavy atom. The molecule has 4 heterocycles. The second-order valence-electron chi connectivity index (χ2n) is 5.52. The van der Waals surface area contributed by atoms with Crippen LogP contribution in [0.5, 0.6) is 0 Å². The number of H-pyrrole nitrogens is 1. The van der Waals surface area contributed by atoms with Crippen molar-refractivity contribution in [1.29, 1.82) is 0 Å². The van der Waals surface area contributed by atoms with Gasteiger partial charge in [-0.15, -0.1) is 15.3 Å². The Morgan fingerprint density at radius 2 is 2.00 bits per heavy atom. The summed E-state index contributed by atoms with van der Waals surface area (Å²) < 4.78 is 2.99. The Balaban J connectivity index is 1.86. The molecule has 0 aliphatic carbocycles. The van der Waals surface area contributed by atoms with Crippen LogP contribution in [-0.4, -0.2) is 39.6 Å². The summed E-state index contributed by atoms with van der Waals surface area (Å²) in [5.74, 6) is 1.36. The van der Waals surface area contributed by atoms with Crippen molar-refractivity contribution in [2.75, 3.05) is 0 Å². The zero-order valence-electron chi connectivity index (χ0n) is 14.2. The van der Waals surface area contributed by atoms with Gasteiger partial charge in [0, 0.05) is 12.4 Å². The maximum Gasteiger partial charge on any atom is 0.255 e. The average Bonchev–Trinajstić information content (AvgIpc) is 3.23. The highest BCUT2D eigenvalue weighted by Crippen LogP contribution is 2.35. The Kier molecular flexibility index (Phi) is 3.51. The molecule has 0 unspecified atom stereocenters. The molecule has 0 atom stereocenters. The number of fused-ring (bicyclic) bond motifs is 1. The van der Waals surface area contributed by atoms with Crippen LogP contribution in [0.4, 0.5) is 17.2 Å². The molecule has 11 nitrogen and oxygen atoms in total. The van der Waals surface area contributed by atoms with Crippen LogP contribution in [0.1, 0.15) is 17.2 Å². The minimum Gasteiger partial charge on any atom is -0.278 e. The number of azo groups is 1. The van der Waals surface area contributed by atoms with Gasteiger partial charge in [0.2, 0.25) is 5.65 Å². The Labute approximate surface area is 147 Å². The lowest BCUT2D eigenvalue weighted by Gasteiger charge is -2.01. The van der Waals surface area contributed by atoms with Crippen LogP contribution in [0.25, 0.3) is 16.3 Å². The molecule has 0 fully saturated rings. The third kappa shape index (κ3) is 2.40. The molecule has 4 rings (SSSR count). The Hall–Kier alpha value is -3.94. The molecule has 0 saturated carbocycles. The molecule has 0 bridgehead atoms. The number of hydrogen-bond acceptors (Lipinski definition) is 7. The second kappa shape index (κ2) is 5.85. The van der Waals surface area contributed by atoms with Crippen LogP contribution in [0.2, 0.25) is 0 Å². The van der Waals surface area contributed by atoms with Gasteiger partial charge in [0.05, 0.1) is 24.2 Å². The fraction of sp³-hybridized carbons (Fsp3) is 0.200. The lowest BCUT2D eigenvalue weighted by atomic mass is 10.4. The van der Waals surface area contributed by atoms with E-state index in [0.29, 0.717) is 34.4 Å². The standard InChI is InChI=1S/C15H13N11/c1-8-12(16-4)15(25(22-8)11-7-17-5-6-18-11)21-20-13-9(2)23-26-14(13)19-10(3)24-26/h5-7,23H,1-3H3. The van der Waals surface area contributed by atoms with Crippen LogP contribution >= 0.6 is 0 Å². The highest BCUT2D eigenvalue weighted by molar-refractivity contribution is 5.69. The van der Waals surface area contributed by atoms with Crippen molar-refractivity contribution in [2.45, 2.75) is 20.8 Å². The maximum atomic E-state index is 7.43. The lowest BCUT2D eigenvalue weighted by molar-refractivity contribution is 0.793. The summed E-state index contributed by atoms with van der Waals surface area (Å²) in [6.07, 6.45) is 4.65. The van der Waals surface area contributed by atoms with Gasteiger partial charge in [-0.05, 0) is 20.8 Å². The molecular formula is C15H13N11. The maximum absolute atomic E-state index is 7.43. The fourth-order valence-corrected chi connectivity index (χ4v) is 2.53. The smallest absolute Gasteiger partial charge is 0.255 e. The van der Waals surface area contributed by atoms with E-state index < -0.39 is 0 Å². The molecule has 0 amide bonds. The minimum absolute atomic E-state index is 0.285. The molecule has 0 aromatic carbocycles. The number of hydrogen-bond donors (Lipinski definition) is 1. The van der Waals surface area contributed by atoms with Gasteiger partial charge in [-0.25, -0.2) is 19.5 Å². The first-order chi connectivity index (χ1) is 12.6. The van der Waals surface area contributed by atoms with Crippen LogP contribution in [0.15, 0.2) is 28.8 Å². The van der Waals surface area contributed by atoms with Gasteiger partial charge in [-0.3, -0.25) is 10.1 Å². The number of aromatic nitrogens is 8. The number of rotatable bonds is 3. The largest absolute Gasteiger partial charge is 0.278 e. The molecule has 0 spiro atoms. The van der Waals surface area contributed by atoms with E-state index in [1.165, 1.54) is 4.68 Å². The zero-order chi connectivity index (χ0) is 18.3. The predicted molar refractivity (Wildman–Crippen MR) is 91.1 cm³/mol. The zero-order valence-corrected chi connectivity index (χ0v) is 14.2. The number of aryl methyl sites for hydroxylation is 3.